The number of hydrogen-bond donors (Lipinski definition) is 0. The molecule has 0 aliphatic carbocycles. The van der Waals surface area contributed by atoms with Gasteiger partial charge in [-0.3, -0.25) is 4.90 Å². The molecule has 8 heteroatoms. The zero-order valence-electron chi connectivity index (χ0n) is 15.4. The SMILES string of the molecule is C#CCOC(=O)N(c1ccc(S(C)(=O)=O)cc1P(C)(C)=O)C(C)(C)C. The molecule has 0 fully saturated rings. The zero-order chi connectivity index (χ0) is 19.6. The van der Waals surface area contributed by atoms with E-state index in [0.717, 1.165) is 6.26 Å². The van der Waals surface area contributed by atoms with Crippen LogP contribution in [0.5, 0.6) is 0 Å². The molecular formula is C17H24NO5PS. The molecule has 0 saturated carbocycles. The van der Waals surface area contributed by atoms with Crippen LogP contribution in [0.1, 0.15) is 20.8 Å². The number of terminal acetylenes is 1. The van der Waals surface area contributed by atoms with Crippen molar-refractivity contribution in [1.29, 1.82) is 0 Å². The number of sulfone groups is 1. The molecule has 0 bridgehead atoms. The molecule has 0 unspecified atom stereocenters. The van der Waals surface area contributed by atoms with Crippen LogP contribution in [0.15, 0.2) is 23.1 Å². The Labute approximate surface area is 149 Å². The summed E-state index contributed by atoms with van der Waals surface area (Å²) in [7, 11) is -6.38. The maximum Gasteiger partial charge on any atom is 0.415 e. The molecule has 0 saturated heterocycles. The molecular weight excluding hydrogens is 361 g/mol. The van der Waals surface area contributed by atoms with Crippen LogP contribution in [0.3, 0.4) is 0 Å². The highest BCUT2D eigenvalue weighted by Gasteiger charge is 2.34. The minimum absolute atomic E-state index is 0.0426. The highest BCUT2D eigenvalue weighted by atomic mass is 32.2. The summed E-state index contributed by atoms with van der Waals surface area (Å²) in [4.78, 5) is 13.9. The van der Waals surface area contributed by atoms with Crippen molar-refractivity contribution in [1.82, 2.24) is 0 Å². The predicted molar refractivity (Wildman–Crippen MR) is 101 cm³/mol. The van der Waals surface area contributed by atoms with Crippen LogP contribution in [-0.4, -0.2) is 46.2 Å². The lowest BCUT2D eigenvalue weighted by molar-refractivity contribution is 0.162. The number of hydrogen-bond acceptors (Lipinski definition) is 5. The van der Waals surface area contributed by atoms with E-state index in [1.54, 1.807) is 20.8 Å². The molecule has 0 N–H and O–H groups in total. The average Bonchev–Trinajstić information content (AvgIpc) is 2.41. The number of ether oxygens (including phenoxy) is 1. The monoisotopic (exact) mass is 385 g/mol. The van der Waals surface area contributed by atoms with Crippen LogP contribution in [0.25, 0.3) is 0 Å². The van der Waals surface area contributed by atoms with Crippen LogP contribution in [-0.2, 0) is 19.1 Å². The molecule has 25 heavy (non-hydrogen) atoms. The van der Waals surface area contributed by atoms with Gasteiger partial charge in [0.2, 0.25) is 0 Å². The second kappa shape index (κ2) is 7.23. The van der Waals surface area contributed by atoms with Crippen molar-refractivity contribution in [3.63, 3.8) is 0 Å². The van der Waals surface area contributed by atoms with E-state index in [2.05, 4.69) is 5.92 Å². The summed E-state index contributed by atoms with van der Waals surface area (Å²) < 4.78 is 41.5. The van der Waals surface area contributed by atoms with E-state index in [4.69, 9.17) is 11.2 Å². The highest BCUT2D eigenvalue weighted by molar-refractivity contribution is 7.90. The Morgan fingerprint density at radius 2 is 1.88 bits per heavy atom. The molecule has 0 aromatic heterocycles. The lowest BCUT2D eigenvalue weighted by atomic mass is 10.1. The smallest absolute Gasteiger partial charge is 0.415 e. The molecule has 0 spiro atoms. The van der Waals surface area contributed by atoms with Crippen molar-refractivity contribution in [2.75, 3.05) is 31.1 Å². The molecule has 0 radical (unpaired) electrons. The van der Waals surface area contributed by atoms with Gasteiger partial charge in [0.15, 0.2) is 16.4 Å². The van der Waals surface area contributed by atoms with E-state index < -0.39 is 28.6 Å². The van der Waals surface area contributed by atoms with E-state index in [1.165, 1.54) is 36.4 Å². The Kier molecular flexibility index (Phi) is 6.15. The fraction of sp³-hybridized carbons (Fsp3) is 0.471. The first-order valence-electron chi connectivity index (χ1n) is 7.49. The Morgan fingerprint density at radius 1 is 1.32 bits per heavy atom. The van der Waals surface area contributed by atoms with E-state index in [0.29, 0.717) is 11.0 Å². The summed E-state index contributed by atoms with van der Waals surface area (Å²) in [5.74, 6) is 2.23. The number of anilines is 1. The van der Waals surface area contributed by atoms with Crippen molar-refractivity contribution in [2.24, 2.45) is 0 Å². The van der Waals surface area contributed by atoms with E-state index in [1.807, 2.05) is 0 Å². The maximum absolute atomic E-state index is 12.8. The number of nitrogens with zero attached hydrogens (tertiary/aromatic N) is 1. The topological polar surface area (TPSA) is 80.8 Å². The van der Waals surface area contributed by atoms with Gasteiger partial charge >= 0.3 is 6.09 Å². The van der Waals surface area contributed by atoms with Crippen molar-refractivity contribution in [3.05, 3.63) is 18.2 Å². The van der Waals surface area contributed by atoms with Crippen LogP contribution >= 0.6 is 7.14 Å². The molecule has 138 valence electrons. The summed E-state index contributed by atoms with van der Waals surface area (Å²) in [6, 6.07) is 4.23. The Hall–Kier alpha value is -1.77. The average molecular weight is 385 g/mol. The number of carbonyl (C=O) groups is 1. The number of amides is 1. The molecule has 0 aliphatic rings. The quantitative estimate of drug-likeness (QED) is 0.588. The maximum atomic E-state index is 12.8. The number of carbonyl (C=O) groups excluding carboxylic acids is 1. The summed E-state index contributed by atoms with van der Waals surface area (Å²) in [5.41, 5.74) is -0.363. The normalized spacial score (nSPS) is 12.4. The molecule has 0 heterocycles. The molecule has 0 aliphatic heterocycles. The fourth-order valence-electron chi connectivity index (χ4n) is 2.26. The second-order valence-electron chi connectivity index (χ2n) is 7.04. The van der Waals surface area contributed by atoms with E-state index >= 15 is 0 Å². The van der Waals surface area contributed by atoms with Gasteiger partial charge in [0.1, 0.15) is 7.14 Å². The van der Waals surface area contributed by atoms with Crippen LogP contribution in [0.4, 0.5) is 10.5 Å². The number of rotatable bonds is 4. The third kappa shape index (κ3) is 5.35. The molecule has 1 rings (SSSR count). The summed E-state index contributed by atoms with van der Waals surface area (Å²) >= 11 is 0. The summed E-state index contributed by atoms with van der Waals surface area (Å²) in [6.45, 7) is 8.20. The first kappa shape index (κ1) is 21.3. The molecule has 0 atom stereocenters. The zero-order valence-corrected chi connectivity index (χ0v) is 17.1. The first-order chi connectivity index (χ1) is 11.2. The lowest BCUT2D eigenvalue weighted by Gasteiger charge is -2.36. The van der Waals surface area contributed by atoms with Gasteiger partial charge < -0.3 is 9.30 Å². The van der Waals surface area contributed by atoms with Gasteiger partial charge in [-0.25, -0.2) is 13.2 Å². The molecule has 1 amide bonds. The Bertz CT molecular complexity index is 856. The van der Waals surface area contributed by atoms with Crippen molar-refractivity contribution >= 4 is 34.1 Å². The van der Waals surface area contributed by atoms with Gasteiger partial charge in [-0.2, -0.15) is 0 Å². The van der Waals surface area contributed by atoms with Crippen molar-refractivity contribution < 1.29 is 22.5 Å². The van der Waals surface area contributed by atoms with Gasteiger partial charge in [-0.1, -0.05) is 5.92 Å². The third-order valence-corrected chi connectivity index (χ3v) is 5.96. The largest absolute Gasteiger partial charge is 0.436 e. The Morgan fingerprint density at radius 3 is 2.28 bits per heavy atom. The van der Waals surface area contributed by atoms with E-state index in [-0.39, 0.29) is 11.5 Å². The van der Waals surface area contributed by atoms with Gasteiger partial charge in [0.05, 0.1) is 10.6 Å². The fourth-order valence-corrected chi connectivity index (χ4v) is 4.17. The molecule has 1 aromatic rings. The molecule has 1 aromatic carbocycles. The summed E-state index contributed by atoms with van der Waals surface area (Å²) in [6.07, 6.45) is 5.52. The third-order valence-electron chi connectivity index (χ3n) is 3.33. The Balaban J connectivity index is 3.68. The van der Waals surface area contributed by atoms with Crippen LogP contribution in [0, 0.1) is 12.3 Å². The lowest BCUT2D eigenvalue weighted by Crippen LogP contribution is -2.48. The van der Waals surface area contributed by atoms with Gasteiger partial charge in [0.25, 0.3) is 0 Å². The van der Waals surface area contributed by atoms with Gasteiger partial charge in [-0.15, -0.1) is 6.42 Å². The van der Waals surface area contributed by atoms with Crippen LogP contribution < -0.4 is 10.2 Å². The second-order valence-corrected chi connectivity index (χ2v) is 12.2. The predicted octanol–water partition coefficient (Wildman–Crippen LogP) is 2.71. The first-order valence-corrected chi connectivity index (χ1v) is 12.0. The summed E-state index contributed by atoms with van der Waals surface area (Å²) in [5, 5.41) is 0.294. The van der Waals surface area contributed by atoms with Gasteiger partial charge in [0, 0.05) is 17.1 Å². The minimum atomic E-state index is -3.48. The van der Waals surface area contributed by atoms with Crippen molar-refractivity contribution in [2.45, 2.75) is 31.2 Å². The number of benzene rings is 1. The van der Waals surface area contributed by atoms with E-state index in [9.17, 15) is 17.8 Å². The molecule has 6 nitrogen and oxygen atoms in total. The van der Waals surface area contributed by atoms with Crippen molar-refractivity contribution in [3.8, 4) is 12.3 Å². The highest BCUT2D eigenvalue weighted by Crippen LogP contribution is 2.41. The standard InChI is InChI=1S/C17H24NO5PS/c1-8-11-23-16(19)18(17(2,3)4)14-10-9-13(25(7,21)22)12-15(14)24(5,6)20/h1,9-10,12H,11H2,2-7H3. The minimum Gasteiger partial charge on any atom is -0.436 e. The van der Waals surface area contributed by atoms with Gasteiger partial charge in [-0.05, 0) is 52.3 Å². The van der Waals surface area contributed by atoms with Crippen LogP contribution in [0.2, 0.25) is 0 Å².